The monoisotopic (exact) mass is 300 g/mol. The number of rotatable bonds is 13. The number of carboxylic acid groups (broad SMARTS) is 1. The summed E-state index contributed by atoms with van der Waals surface area (Å²) in [4.78, 5) is 22.4. The number of hydrogen-bond acceptors (Lipinski definition) is 3. The summed E-state index contributed by atoms with van der Waals surface area (Å²) < 4.78 is 5.74. The quantitative estimate of drug-likeness (QED) is 0.395. The summed E-state index contributed by atoms with van der Waals surface area (Å²) >= 11 is 0. The molecule has 1 N–H and O–H groups in total. The molecule has 21 heavy (non-hydrogen) atoms. The third-order valence-corrected chi connectivity index (χ3v) is 4.13. The van der Waals surface area contributed by atoms with Gasteiger partial charge in [-0.1, -0.05) is 40.0 Å². The van der Waals surface area contributed by atoms with E-state index in [0.29, 0.717) is 19.3 Å². The van der Waals surface area contributed by atoms with Gasteiger partial charge in [-0.15, -0.1) is 0 Å². The predicted octanol–water partition coefficient (Wildman–Crippen LogP) is 4.70. The summed E-state index contributed by atoms with van der Waals surface area (Å²) in [7, 11) is 0. The highest BCUT2D eigenvalue weighted by atomic mass is 16.6. The summed E-state index contributed by atoms with van der Waals surface area (Å²) in [5, 5.41) is 8.57. The lowest BCUT2D eigenvalue weighted by Crippen LogP contribution is -2.33. The van der Waals surface area contributed by atoms with Crippen molar-refractivity contribution in [1.82, 2.24) is 0 Å². The highest BCUT2D eigenvalue weighted by Crippen LogP contribution is 2.28. The van der Waals surface area contributed by atoms with Crippen molar-refractivity contribution in [2.24, 2.45) is 0 Å². The molecule has 4 nitrogen and oxygen atoms in total. The minimum absolute atomic E-state index is 0.122. The molecular formula is C17H32O4. The normalized spacial score (nSPS) is 11.4. The van der Waals surface area contributed by atoms with Crippen LogP contribution in [0.5, 0.6) is 0 Å². The van der Waals surface area contributed by atoms with E-state index < -0.39 is 5.97 Å². The zero-order chi connectivity index (χ0) is 16.1. The third-order valence-electron chi connectivity index (χ3n) is 4.13. The summed E-state index contributed by atoms with van der Waals surface area (Å²) in [5.41, 5.74) is -0.322. The third kappa shape index (κ3) is 9.48. The second-order valence-corrected chi connectivity index (χ2v) is 5.78. The molecule has 124 valence electrons. The van der Waals surface area contributed by atoms with Gasteiger partial charge in [0.2, 0.25) is 0 Å². The molecule has 0 bridgehead atoms. The summed E-state index contributed by atoms with van der Waals surface area (Å²) in [6.07, 6.45) is 8.91. The Labute approximate surface area is 129 Å². The van der Waals surface area contributed by atoms with E-state index in [9.17, 15) is 9.59 Å². The minimum atomic E-state index is -0.809. The van der Waals surface area contributed by atoms with Crippen LogP contribution in [0.3, 0.4) is 0 Å². The van der Waals surface area contributed by atoms with Gasteiger partial charge in [0.05, 0.1) is 0 Å². The summed E-state index contributed by atoms with van der Waals surface area (Å²) in [5.74, 6) is -0.990. The van der Waals surface area contributed by atoms with Gasteiger partial charge in [0.25, 0.3) is 0 Å². The van der Waals surface area contributed by atoms with Crippen molar-refractivity contribution in [2.75, 3.05) is 0 Å². The van der Waals surface area contributed by atoms with Gasteiger partial charge in [0.1, 0.15) is 5.60 Å². The average Bonchev–Trinajstić information content (AvgIpc) is 2.46. The van der Waals surface area contributed by atoms with Crippen LogP contribution in [-0.2, 0) is 14.3 Å². The van der Waals surface area contributed by atoms with Crippen LogP contribution in [0.1, 0.15) is 91.4 Å². The SMILES string of the molecule is CCCCCCC(CC)(CC)OC(=O)CCCCC(=O)O. The van der Waals surface area contributed by atoms with Crippen molar-refractivity contribution < 1.29 is 19.4 Å². The van der Waals surface area contributed by atoms with Crippen LogP contribution in [0.2, 0.25) is 0 Å². The van der Waals surface area contributed by atoms with Gasteiger partial charge < -0.3 is 9.84 Å². The Morgan fingerprint density at radius 2 is 1.52 bits per heavy atom. The summed E-state index contributed by atoms with van der Waals surface area (Å²) in [6.45, 7) is 6.33. The maximum absolute atomic E-state index is 11.9. The number of carbonyl (C=O) groups excluding carboxylic acids is 1. The van der Waals surface area contributed by atoms with E-state index >= 15 is 0 Å². The van der Waals surface area contributed by atoms with E-state index in [-0.39, 0.29) is 18.0 Å². The molecule has 0 fully saturated rings. The zero-order valence-electron chi connectivity index (χ0n) is 14.0. The van der Waals surface area contributed by atoms with Crippen molar-refractivity contribution in [3.05, 3.63) is 0 Å². The van der Waals surface area contributed by atoms with Gasteiger partial charge in [-0.05, 0) is 38.5 Å². The lowest BCUT2D eigenvalue weighted by Gasteiger charge is -2.32. The highest BCUT2D eigenvalue weighted by Gasteiger charge is 2.29. The van der Waals surface area contributed by atoms with Crippen LogP contribution in [0, 0.1) is 0 Å². The Kier molecular flexibility index (Phi) is 11.0. The van der Waals surface area contributed by atoms with E-state index in [1.165, 1.54) is 19.3 Å². The fraction of sp³-hybridized carbons (Fsp3) is 0.882. The Hall–Kier alpha value is -1.06. The van der Waals surface area contributed by atoms with Crippen LogP contribution >= 0.6 is 0 Å². The van der Waals surface area contributed by atoms with Gasteiger partial charge in [0, 0.05) is 12.8 Å². The Balaban J connectivity index is 4.14. The van der Waals surface area contributed by atoms with Crippen LogP contribution < -0.4 is 0 Å². The van der Waals surface area contributed by atoms with E-state index in [1.54, 1.807) is 0 Å². The first-order chi connectivity index (χ1) is 9.99. The van der Waals surface area contributed by atoms with Crippen molar-refractivity contribution in [3.8, 4) is 0 Å². The summed E-state index contributed by atoms with van der Waals surface area (Å²) in [6, 6.07) is 0. The Morgan fingerprint density at radius 1 is 0.905 bits per heavy atom. The smallest absolute Gasteiger partial charge is 0.306 e. The molecule has 0 aromatic carbocycles. The molecule has 0 aliphatic heterocycles. The fourth-order valence-corrected chi connectivity index (χ4v) is 2.51. The number of hydrogen-bond donors (Lipinski definition) is 1. The van der Waals surface area contributed by atoms with Crippen molar-refractivity contribution in [1.29, 1.82) is 0 Å². The number of aliphatic carboxylic acids is 1. The zero-order valence-corrected chi connectivity index (χ0v) is 14.0. The molecule has 0 aliphatic rings. The van der Waals surface area contributed by atoms with Crippen molar-refractivity contribution in [3.63, 3.8) is 0 Å². The Morgan fingerprint density at radius 3 is 2.05 bits per heavy atom. The largest absolute Gasteiger partial charge is 0.481 e. The lowest BCUT2D eigenvalue weighted by molar-refractivity contribution is -0.162. The number of carbonyl (C=O) groups is 2. The standard InChI is InChI=1S/C17H32O4/c1-4-7-8-11-14-17(5-2,6-3)21-16(20)13-10-9-12-15(18)19/h4-14H2,1-3H3,(H,18,19). The van der Waals surface area contributed by atoms with E-state index in [1.807, 2.05) is 0 Å². The molecular weight excluding hydrogens is 268 g/mol. The van der Waals surface area contributed by atoms with Crippen LogP contribution in [0.25, 0.3) is 0 Å². The molecule has 0 saturated heterocycles. The van der Waals surface area contributed by atoms with Gasteiger partial charge >= 0.3 is 11.9 Å². The van der Waals surface area contributed by atoms with Gasteiger partial charge in [-0.2, -0.15) is 0 Å². The second-order valence-electron chi connectivity index (χ2n) is 5.78. The van der Waals surface area contributed by atoms with Gasteiger partial charge in [-0.25, -0.2) is 0 Å². The van der Waals surface area contributed by atoms with E-state index in [4.69, 9.17) is 9.84 Å². The molecule has 0 unspecified atom stereocenters. The fourth-order valence-electron chi connectivity index (χ4n) is 2.51. The molecule has 0 aromatic heterocycles. The molecule has 4 heteroatoms. The highest BCUT2D eigenvalue weighted by molar-refractivity contribution is 5.70. The topological polar surface area (TPSA) is 63.6 Å². The number of esters is 1. The second kappa shape index (κ2) is 11.6. The molecule has 0 atom stereocenters. The maximum atomic E-state index is 11.9. The lowest BCUT2D eigenvalue weighted by atomic mass is 9.90. The van der Waals surface area contributed by atoms with Gasteiger partial charge in [0.15, 0.2) is 0 Å². The maximum Gasteiger partial charge on any atom is 0.306 e. The van der Waals surface area contributed by atoms with E-state index in [2.05, 4.69) is 20.8 Å². The van der Waals surface area contributed by atoms with E-state index in [0.717, 1.165) is 25.7 Å². The molecule has 0 spiro atoms. The minimum Gasteiger partial charge on any atom is -0.481 e. The van der Waals surface area contributed by atoms with Crippen LogP contribution in [-0.4, -0.2) is 22.6 Å². The number of ether oxygens (including phenoxy) is 1. The first-order valence-corrected chi connectivity index (χ1v) is 8.43. The molecule has 0 rings (SSSR count). The average molecular weight is 300 g/mol. The first kappa shape index (κ1) is 19.9. The first-order valence-electron chi connectivity index (χ1n) is 8.43. The van der Waals surface area contributed by atoms with Crippen molar-refractivity contribution in [2.45, 2.75) is 97.0 Å². The molecule has 0 aliphatic carbocycles. The predicted molar refractivity (Wildman–Crippen MR) is 84.3 cm³/mol. The van der Waals surface area contributed by atoms with Crippen LogP contribution in [0.15, 0.2) is 0 Å². The number of carboxylic acids is 1. The number of unbranched alkanes of at least 4 members (excludes halogenated alkanes) is 4. The molecule has 0 amide bonds. The Bertz CT molecular complexity index is 295. The molecule has 0 saturated carbocycles. The van der Waals surface area contributed by atoms with Crippen molar-refractivity contribution >= 4 is 11.9 Å². The molecule has 0 heterocycles. The van der Waals surface area contributed by atoms with Crippen LogP contribution in [0.4, 0.5) is 0 Å². The molecule has 0 aromatic rings. The van der Waals surface area contributed by atoms with Gasteiger partial charge in [-0.3, -0.25) is 9.59 Å². The molecule has 0 radical (unpaired) electrons.